The third kappa shape index (κ3) is 11.1. The minimum Gasteiger partial charge on any atom is -0.393 e. The molecule has 0 aromatic rings. The van der Waals surface area contributed by atoms with Crippen LogP contribution in [0.25, 0.3) is 0 Å². The summed E-state index contributed by atoms with van der Waals surface area (Å²) in [5, 5.41) is 11.9. The topological polar surface area (TPSA) is 61.5 Å². The summed E-state index contributed by atoms with van der Waals surface area (Å²) >= 11 is 0. The fourth-order valence-electron chi connectivity index (χ4n) is 2.95. The second kappa shape index (κ2) is 15.4. The predicted octanol–water partition coefficient (Wildman–Crippen LogP) is 2.99. The van der Waals surface area contributed by atoms with E-state index in [0.29, 0.717) is 6.04 Å². The Hall–Kier alpha value is -0.160. The van der Waals surface area contributed by atoms with Crippen molar-refractivity contribution in [1.82, 2.24) is 10.2 Å². The molecule has 0 spiro atoms. The van der Waals surface area contributed by atoms with Crippen molar-refractivity contribution in [2.45, 2.75) is 84.8 Å². The summed E-state index contributed by atoms with van der Waals surface area (Å²) in [5.74, 6) is 0.936. The first kappa shape index (κ1) is 22.8. The smallest absolute Gasteiger partial charge is 0.0540 e. The number of nitrogens with zero attached hydrogens (tertiary/aromatic N) is 1. The highest BCUT2D eigenvalue weighted by Gasteiger charge is 2.20. The fraction of sp³-hybridized carbons (Fsp3) is 1.00. The molecule has 4 nitrogen and oxygen atoms in total. The number of piperidine rings is 2. The summed E-state index contributed by atoms with van der Waals surface area (Å²) in [6, 6.07) is 0.472. The van der Waals surface area contributed by atoms with E-state index < -0.39 is 0 Å². The van der Waals surface area contributed by atoms with E-state index in [2.05, 4.69) is 10.2 Å². The Morgan fingerprint density at radius 3 is 1.78 bits per heavy atom. The lowest BCUT2D eigenvalue weighted by atomic mass is 9.96. The van der Waals surface area contributed by atoms with Gasteiger partial charge in [0.1, 0.15) is 0 Å². The molecule has 23 heavy (non-hydrogen) atoms. The second-order valence-electron chi connectivity index (χ2n) is 6.42. The molecule has 1 saturated carbocycles. The largest absolute Gasteiger partial charge is 0.393 e. The van der Waals surface area contributed by atoms with Gasteiger partial charge in [0.15, 0.2) is 0 Å². The van der Waals surface area contributed by atoms with Gasteiger partial charge in [0.25, 0.3) is 0 Å². The summed E-state index contributed by atoms with van der Waals surface area (Å²) in [6.07, 6.45) is 8.51. The van der Waals surface area contributed by atoms with Gasteiger partial charge >= 0.3 is 0 Å². The standard InChI is InChI=1S/C11H23N3.C4H8O.2C2H6/c12-11-3-7-14(8-4-11)9-10-1-5-13-6-2-10;5-4-2-1-3-4;2*1-2/h10-11,13H,1-9,12H2;4-5H,1-3H2;2*1-2H3. The van der Waals surface area contributed by atoms with Crippen LogP contribution in [0.1, 0.15) is 72.6 Å². The van der Waals surface area contributed by atoms with Gasteiger partial charge in [0.2, 0.25) is 0 Å². The molecule has 1 aliphatic carbocycles. The molecule has 0 amide bonds. The molecule has 3 aliphatic rings. The number of hydrogen-bond acceptors (Lipinski definition) is 4. The van der Waals surface area contributed by atoms with Crippen molar-refractivity contribution in [3.05, 3.63) is 0 Å². The van der Waals surface area contributed by atoms with E-state index in [0.717, 1.165) is 18.8 Å². The first-order valence-corrected chi connectivity index (χ1v) is 10.1. The highest BCUT2D eigenvalue weighted by atomic mass is 16.3. The summed E-state index contributed by atoms with van der Waals surface area (Å²) in [6.45, 7) is 14.2. The summed E-state index contributed by atoms with van der Waals surface area (Å²) < 4.78 is 0. The normalized spacial score (nSPS) is 23.2. The van der Waals surface area contributed by atoms with Gasteiger partial charge < -0.3 is 21.1 Å². The van der Waals surface area contributed by atoms with Crippen molar-refractivity contribution in [2.75, 3.05) is 32.7 Å². The van der Waals surface area contributed by atoms with Crippen LogP contribution >= 0.6 is 0 Å². The van der Waals surface area contributed by atoms with Crippen LogP contribution in [0.2, 0.25) is 0 Å². The molecule has 2 aliphatic heterocycles. The molecule has 3 fully saturated rings. The van der Waals surface area contributed by atoms with E-state index in [1.165, 1.54) is 64.8 Å². The van der Waals surface area contributed by atoms with Crippen LogP contribution in [0.3, 0.4) is 0 Å². The molecule has 2 saturated heterocycles. The first-order valence-electron chi connectivity index (χ1n) is 10.1. The zero-order valence-electron chi connectivity index (χ0n) is 16.2. The quantitative estimate of drug-likeness (QED) is 0.729. The van der Waals surface area contributed by atoms with E-state index in [1.54, 1.807) is 0 Å². The number of likely N-dealkylation sites (tertiary alicyclic amines) is 1. The van der Waals surface area contributed by atoms with Gasteiger partial charge in [0, 0.05) is 12.6 Å². The first-order chi connectivity index (χ1) is 11.2. The molecule has 140 valence electrons. The lowest BCUT2D eigenvalue weighted by Crippen LogP contribution is -2.43. The maximum atomic E-state index is 8.45. The minimum absolute atomic E-state index is 0.0648. The summed E-state index contributed by atoms with van der Waals surface area (Å²) in [5.41, 5.74) is 5.89. The average Bonchev–Trinajstić information content (AvgIpc) is 2.60. The number of aliphatic hydroxyl groups excluding tert-OH is 1. The van der Waals surface area contributed by atoms with Crippen molar-refractivity contribution in [1.29, 1.82) is 0 Å². The van der Waals surface area contributed by atoms with Crippen molar-refractivity contribution in [3.8, 4) is 0 Å². The van der Waals surface area contributed by atoms with Crippen molar-refractivity contribution in [3.63, 3.8) is 0 Å². The molecule has 4 N–H and O–H groups in total. The third-order valence-electron chi connectivity index (χ3n) is 4.68. The Balaban J connectivity index is 0.000000449. The van der Waals surface area contributed by atoms with Gasteiger partial charge in [0.05, 0.1) is 6.10 Å². The molecule has 0 bridgehead atoms. The Labute approximate surface area is 145 Å². The van der Waals surface area contributed by atoms with Gasteiger partial charge in [-0.2, -0.15) is 0 Å². The monoisotopic (exact) mass is 329 g/mol. The van der Waals surface area contributed by atoms with E-state index in [4.69, 9.17) is 10.8 Å². The van der Waals surface area contributed by atoms with Crippen LogP contribution in [-0.4, -0.2) is 54.9 Å². The Bertz CT molecular complexity index is 233. The van der Waals surface area contributed by atoms with Gasteiger partial charge in [-0.15, -0.1) is 0 Å². The maximum absolute atomic E-state index is 8.45. The summed E-state index contributed by atoms with van der Waals surface area (Å²) in [4.78, 5) is 2.61. The molecule has 0 aromatic carbocycles. The number of rotatable bonds is 2. The van der Waals surface area contributed by atoms with Gasteiger partial charge in [-0.1, -0.05) is 27.7 Å². The predicted molar refractivity (Wildman–Crippen MR) is 102 cm³/mol. The van der Waals surface area contributed by atoms with Crippen LogP contribution in [0.5, 0.6) is 0 Å². The van der Waals surface area contributed by atoms with Crippen molar-refractivity contribution >= 4 is 0 Å². The van der Waals surface area contributed by atoms with Crippen molar-refractivity contribution < 1.29 is 5.11 Å². The molecular weight excluding hydrogens is 286 g/mol. The number of nitrogens with two attached hydrogens (primary N) is 1. The lowest BCUT2D eigenvalue weighted by molar-refractivity contribution is 0.0950. The number of aliphatic hydroxyl groups is 1. The third-order valence-corrected chi connectivity index (χ3v) is 4.68. The minimum atomic E-state index is 0.0648. The fourth-order valence-corrected chi connectivity index (χ4v) is 2.95. The lowest BCUT2D eigenvalue weighted by Gasteiger charge is -2.34. The Morgan fingerprint density at radius 2 is 1.39 bits per heavy atom. The zero-order chi connectivity index (χ0) is 17.5. The van der Waals surface area contributed by atoms with E-state index in [9.17, 15) is 0 Å². The second-order valence-corrected chi connectivity index (χ2v) is 6.42. The highest BCUT2D eigenvalue weighted by Crippen LogP contribution is 2.17. The van der Waals surface area contributed by atoms with E-state index >= 15 is 0 Å². The molecule has 0 aromatic heterocycles. The molecule has 0 radical (unpaired) electrons. The van der Waals surface area contributed by atoms with E-state index in [-0.39, 0.29) is 6.10 Å². The van der Waals surface area contributed by atoms with Crippen LogP contribution < -0.4 is 11.1 Å². The molecular formula is C19H43N3O. The summed E-state index contributed by atoms with van der Waals surface area (Å²) in [7, 11) is 0. The molecule has 3 rings (SSSR count). The van der Waals surface area contributed by atoms with E-state index in [1.807, 2.05) is 27.7 Å². The Kier molecular flexibility index (Phi) is 15.3. The van der Waals surface area contributed by atoms with Crippen LogP contribution in [-0.2, 0) is 0 Å². The molecule has 0 atom stereocenters. The van der Waals surface area contributed by atoms with Crippen LogP contribution in [0.15, 0.2) is 0 Å². The molecule has 4 heteroatoms. The number of hydrogen-bond donors (Lipinski definition) is 3. The van der Waals surface area contributed by atoms with Gasteiger partial charge in [-0.3, -0.25) is 0 Å². The number of nitrogens with one attached hydrogen (secondary N) is 1. The molecule has 0 unspecified atom stereocenters. The zero-order valence-corrected chi connectivity index (χ0v) is 16.2. The van der Waals surface area contributed by atoms with Crippen LogP contribution in [0, 0.1) is 5.92 Å². The average molecular weight is 330 g/mol. The highest BCUT2D eigenvalue weighted by molar-refractivity contribution is 4.78. The molecule has 2 heterocycles. The van der Waals surface area contributed by atoms with Gasteiger partial charge in [-0.25, -0.2) is 0 Å². The van der Waals surface area contributed by atoms with Crippen LogP contribution in [0.4, 0.5) is 0 Å². The SMILES string of the molecule is CC.CC.NC1CCN(CC2CCNCC2)CC1.OC1CCC1. The maximum Gasteiger partial charge on any atom is 0.0540 e. The van der Waals surface area contributed by atoms with Gasteiger partial charge in [-0.05, 0) is 77.0 Å². The van der Waals surface area contributed by atoms with Crippen molar-refractivity contribution in [2.24, 2.45) is 11.7 Å². The Morgan fingerprint density at radius 1 is 0.913 bits per heavy atom.